The van der Waals surface area contributed by atoms with Gasteiger partial charge < -0.3 is 26.2 Å². The van der Waals surface area contributed by atoms with E-state index in [4.69, 9.17) is 18.7 Å². The van der Waals surface area contributed by atoms with Crippen molar-refractivity contribution >= 4 is 39.0 Å². The number of alkyl halides is 3. The fourth-order valence-electron chi connectivity index (χ4n) is 5.18. The number of sulfonamides is 1. The van der Waals surface area contributed by atoms with E-state index < -0.39 is 88.4 Å². The fraction of sp³-hybridized carbons (Fsp3) is 0.294. The Morgan fingerprint density at radius 3 is 1.96 bits per heavy atom. The molecule has 0 saturated heterocycles. The molecule has 5 N–H and O–H groups in total. The maximum absolute atomic E-state index is 14.9. The van der Waals surface area contributed by atoms with Crippen LogP contribution in [0.1, 0.15) is 60.8 Å². The van der Waals surface area contributed by atoms with Crippen molar-refractivity contribution in [2.24, 2.45) is 0 Å². The summed E-state index contributed by atoms with van der Waals surface area (Å²) in [4.78, 5) is 24.9. The second-order valence-corrected chi connectivity index (χ2v) is 13.6. The summed E-state index contributed by atoms with van der Waals surface area (Å²) in [6.07, 6.45) is -6.34. The van der Waals surface area contributed by atoms with Crippen molar-refractivity contribution in [3.8, 4) is 0 Å². The molecule has 10 nitrogen and oxygen atoms in total. The van der Waals surface area contributed by atoms with E-state index in [2.05, 4.69) is 5.32 Å². The first-order chi connectivity index (χ1) is 25.6. The lowest BCUT2D eigenvalue weighted by atomic mass is 9.84. The summed E-state index contributed by atoms with van der Waals surface area (Å²) in [5.74, 6) is -2.33. The Morgan fingerprint density at radius 2 is 1.47 bits per heavy atom. The Bertz CT molecular complexity index is 1970. The van der Waals surface area contributed by atoms with Crippen LogP contribution < -0.4 is 16.4 Å². The Kier molecular flexibility index (Phi) is 9.53. The van der Waals surface area contributed by atoms with Gasteiger partial charge in [0.25, 0.3) is 0 Å². The van der Waals surface area contributed by atoms with Crippen LogP contribution in [0.2, 0.25) is 0 Å². The van der Waals surface area contributed by atoms with E-state index in [0.717, 1.165) is 43.5 Å². The molecule has 0 fully saturated rings. The van der Waals surface area contributed by atoms with Gasteiger partial charge in [-0.2, -0.15) is 17.5 Å². The van der Waals surface area contributed by atoms with E-state index in [9.17, 15) is 36.3 Å². The molecule has 0 unspecified atom stereocenters. The minimum Gasteiger partial charge on any atom is -0.453 e. The van der Waals surface area contributed by atoms with Crippen LogP contribution in [0, 0.1) is 0 Å². The smallest absolute Gasteiger partial charge is 0.413 e. The number of nitrogen functional groups attached to an aromatic ring is 1. The van der Waals surface area contributed by atoms with Crippen molar-refractivity contribution in [2.75, 3.05) is 19.5 Å². The number of halogens is 3. The van der Waals surface area contributed by atoms with Crippen LogP contribution in [0.3, 0.4) is 0 Å². The molecule has 4 rings (SSSR count). The van der Waals surface area contributed by atoms with Crippen LogP contribution in [-0.2, 0) is 19.6 Å². The third-order valence-electron chi connectivity index (χ3n) is 7.46. The lowest BCUT2D eigenvalue weighted by molar-refractivity contribution is -0.163. The number of nitrogens with two attached hydrogens (primary N) is 1. The molecule has 15 heteroatoms. The predicted molar refractivity (Wildman–Crippen MR) is 180 cm³/mol. The average Bonchev–Trinajstić information content (AvgIpc) is 3.58. The molecule has 0 saturated carbocycles. The Labute approximate surface area is 295 Å². The van der Waals surface area contributed by atoms with Gasteiger partial charge in [-0.3, -0.25) is 4.79 Å². The average molecular weight is 725 g/mol. The normalized spacial score (nSPS) is 16.3. The molecule has 0 bridgehead atoms. The van der Waals surface area contributed by atoms with Crippen LogP contribution in [-0.4, -0.2) is 61.8 Å². The van der Waals surface area contributed by atoms with Gasteiger partial charge in [-0.05, 0) is 61.2 Å². The number of amides is 2. The summed E-state index contributed by atoms with van der Waals surface area (Å²) >= 11 is 0.254. The monoisotopic (exact) mass is 724 g/mol. The standard InChI is InChI=1S/C34H37F3N4O6S2/c1-21(2)41(49(45,46)25-16-14-24(38)15-17-25)26(20-42)27-18-19-28(48-27)31(34(35,36)37)40-32(43)30(39-33(44)47-3)29(22-10-6-4-7-11-22)23-12-8-5-9-13-23/h4-19,21,26,29-31,42H,20,38H2,1-3H3,(H,39,44)(H,40,43)/t26-,30+,31-/m1/s1/i1D3,2D3. The predicted octanol–water partition coefficient (Wildman–Crippen LogP) is 5.74. The van der Waals surface area contributed by atoms with E-state index in [1.165, 1.54) is 0 Å². The number of rotatable bonds is 13. The quantitative estimate of drug-likeness (QED) is 0.129. The number of carbonyl (C=O) groups excluding carboxylic acids is 2. The molecule has 0 spiro atoms. The first-order valence-corrected chi connectivity index (χ1v) is 16.8. The zero-order chi connectivity index (χ0) is 40.9. The van der Waals surface area contributed by atoms with Gasteiger partial charge in [0.2, 0.25) is 15.9 Å². The molecule has 2 amide bonds. The second kappa shape index (κ2) is 15.8. The zero-order valence-electron chi connectivity index (χ0n) is 31.8. The zero-order valence-corrected chi connectivity index (χ0v) is 27.4. The SMILES string of the molecule is [2H]C([2H])([2H])C(N([C@H](CO)c1ccc([C@@H](NC(=O)[C@@H](NC(=O)OC)C(c2ccccc2)c2ccccc2)C(F)(F)F)s1)S(=O)(=O)c1ccc(N)cc1)C([2H])([2H])[2H]. The van der Waals surface area contributed by atoms with Gasteiger partial charge in [0.05, 0.1) is 24.7 Å². The Balaban J connectivity index is 1.83. The molecule has 262 valence electrons. The summed E-state index contributed by atoms with van der Waals surface area (Å²) in [5.41, 5.74) is 6.70. The number of nitrogens with one attached hydrogen (secondary N) is 2. The van der Waals surface area contributed by atoms with E-state index in [0.29, 0.717) is 11.1 Å². The number of nitrogens with zero attached hydrogens (tertiary/aromatic N) is 1. The molecule has 3 atom stereocenters. The lowest BCUT2D eigenvalue weighted by Gasteiger charge is -2.32. The van der Waals surface area contributed by atoms with Crippen molar-refractivity contribution < 1.29 is 49.2 Å². The number of ether oxygens (including phenoxy) is 1. The van der Waals surface area contributed by atoms with Crippen LogP contribution in [0.15, 0.2) is 102 Å². The number of hydrogen-bond acceptors (Lipinski definition) is 8. The molecule has 0 aliphatic carbocycles. The number of hydrogen-bond donors (Lipinski definition) is 4. The summed E-state index contributed by atoms with van der Waals surface area (Å²) in [5, 5.41) is 14.8. The van der Waals surface area contributed by atoms with Gasteiger partial charge in [0, 0.05) is 35.6 Å². The summed E-state index contributed by atoms with van der Waals surface area (Å²) in [6.45, 7) is -8.32. The molecular formula is C34H37F3N4O6S2. The van der Waals surface area contributed by atoms with Gasteiger partial charge in [-0.1, -0.05) is 60.7 Å². The molecule has 1 heterocycles. The maximum atomic E-state index is 14.9. The number of aliphatic hydroxyl groups is 1. The Hall–Kier alpha value is -4.44. The first kappa shape index (κ1) is 29.5. The van der Waals surface area contributed by atoms with Crippen molar-refractivity contribution in [1.82, 2.24) is 14.9 Å². The highest BCUT2D eigenvalue weighted by Crippen LogP contribution is 2.41. The minimum atomic E-state index is -5.22. The molecular weight excluding hydrogens is 682 g/mol. The number of alkyl carbamates (subject to hydrolysis) is 1. The van der Waals surface area contributed by atoms with Crippen molar-refractivity contribution in [2.45, 2.75) is 54.9 Å². The Morgan fingerprint density at radius 1 is 0.918 bits per heavy atom. The molecule has 3 aromatic carbocycles. The van der Waals surface area contributed by atoms with Gasteiger partial charge in [-0.25, -0.2) is 13.2 Å². The highest BCUT2D eigenvalue weighted by Gasteiger charge is 2.46. The fourth-order valence-corrected chi connectivity index (χ4v) is 7.94. The number of anilines is 1. The van der Waals surface area contributed by atoms with Gasteiger partial charge in [-0.15, -0.1) is 11.3 Å². The molecule has 4 aromatic rings. The minimum absolute atomic E-state index is 0.0654. The van der Waals surface area contributed by atoms with E-state index in [1.54, 1.807) is 60.7 Å². The number of methoxy groups -OCH3 is 1. The number of carbonyl (C=O) groups is 2. The van der Waals surface area contributed by atoms with Gasteiger partial charge in [0.15, 0.2) is 6.04 Å². The molecule has 1 aromatic heterocycles. The summed E-state index contributed by atoms with van der Waals surface area (Å²) in [7, 11) is -4.12. The molecule has 0 aliphatic heterocycles. The number of thiophene rings is 1. The largest absolute Gasteiger partial charge is 0.453 e. The number of aliphatic hydroxyl groups excluding tert-OH is 1. The highest BCUT2D eigenvalue weighted by atomic mass is 32.2. The van der Waals surface area contributed by atoms with Crippen molar-refractivity contribution in [3.05, 3.63) is 118 Å². The second-order valence-electron chi connectivity index (χ2n) is 10.6. The van der Waals surface area contributed by atoms with Crippen molar-refractivity contribution in [3.63, 3.8) is 0 Å². The van der Waals surface area contributed by atoms with Crippen LogP contribution in [0.5, 0.6) is 0 Å². The molecule has 0 radical (unpaired) electrons. The maximum Gasteiger partial charge on any atom is 0.413 e. The van der Waals surface area contributed by atoms with Crippen LogP contribution in [0.4, 0.5) is 23.7 Å². The van der Waals surface area contributed by atoms with Gasteiger partial charge in [0.1, 0.15) is 6.04 Å². The topological polar surface area (TPSA) is 151 Å². The van der Waals surface area contributed by atoms with E-state index in [-0.39, 0.29) is 26.2 Å². The summed E-state index contributed by atoms with van der Waals surface area (Å²) < 4.78 is 126. The van der Waals surface area contributed by atoms with Gasteiger partial charge >= 0.3 is 12.3 Å². The lowest BCUT2D eigenvalue weighted by Crippen LogP contribution is -2.52. The molecule has 0 aliphatic rings. The van der Waals surface area contributed by atoms with Crippen molar-refractivity contribution in [1.29, 1.82) is 0 Å². The van der Waals surface area contributed by atoms with Crippen LogP contribution >= 0.6 is 11.3 Å². The van der Waals surface area contributed by atoms with E-state index in [1.807, 2.05) is 5.32 Å². The first-order valence-electron chi connectivity index (χ1n) is 17.5. The summed E-state index contributed by atoms with van der Waals surface area (Å²) in [6, 6.07) is 13.2. The molecule has 49 heavy (non-hydrogen) atoms. The van der Waals surface area contributed by atoms with E-state index >= 15 is 0 Å². The number of benzene rings is 3. The third-order valence-corrected chi connectivity index (χ3v) is 10.6. The third kappa shape index (κ3) is 8.78. The highest BCUT2D eigenvalue weighted by molar-refractivity contribution is 7.89. The van der Waals surface area contributed by atoms with Crippen LogP contribution in [0.25, 0.3) is 0 Å².